The molecule has 3 saturated heterocycles. The molecule has 1 aliphatic carbocycles. The lowest BCUT2D eigenvalue weighted by Gasteiger charge is -2.52. The molecule has 1 amide bonds. The topological polar surface area (TPSA) is 82.2 Å². The van der Waals surface area contributed by atoms with Crippen molar-refractivity contribution in [2.45, 2.75) is 66.3 Å². The Balaban J connectivity index is 1.01. The maximum atomic E-state index is 13.0. The molecule has 7 rings (SSSR count). The average molecular weight is 685 g/mol. The zero-order valence-corrected chi connectivity index (χ0v) is 29.7. The minimum Gasteiger partial charge on any atom is -0.446 e. The fourth-order valence-corrected chi connectivity index (χ4v) is 10.7. The maximum Gasteiger partial charge on any atom is 0.407 e. The zero-order valence-electron chi connectivity index (χ0n) is 28.9. The largest absolute Gasteiger partial charge is 0.446 e. The Labute approximate surface area is 292 Å². The Morgan fingerprint density at radius 2 is 1.41 bits per heavy atom. The molecule has 49 heavy (non-hydrogen) atoms. The number of carbonyl (C=O) groups excluding carboxylic acids is 1. The molecule has 262 valence electrons. The van der Waals surface area contributed by atoms with Gasteiger partial charge in [-0.3, -0.25) is 0 Å². The van der Waals surface area contributed by atoms with Crippen molar-refractivity contribution in [3.8, 4) is 0 Å². The molecular formula is C40H52N4O4S. The molecule has 3 aromatic rings. The number of ether oxygens (including phenoxy) is 1. The number of nitrogens with one attached hydrogen (secondary N) is 1. The number of piperidine rings is 1. The molecule has 4 fully saturated rings. The normalized spacial score (nSPS) is 24.0. The van der Waals surface area contributed by atoms with Gasteiger partial charge in [0.15, 0.2) is 0 Å². The van der Waals surface area contributed by atoms with Crippen LogP contribution in [0.2, 0.25) is 0 Å². The number of sulfone groups is 1. The molecule has 1 N–H and O–H groups in total. The highest BCUT2D eigenvalue weighted by molar-refractivity contribution is 7.91. The SMILES string of the molecule is CNC(=O)OC1CCCC1C(CN1CCCC1)(c1ccccc1)C1CCN(CC2CN(c3ccc(S(=O)(=O)c4ccccc4)cc3)C2)CC1. The van der Waals surface area contributed by atoms with Crippen LogP contribution in [0.15, 0.2) is 94.7 Å². The summed E-state index contributed by atoms with van der Waals surface area (Å²) >= 11 is 0. The van der Waals surface area contributed by atoms with Gasteiger partial charge in [0.25, 0.3) is 0 Å². The monoisotopic (exact) mass is 684 g/mol. The summed E-state index contributed by atoms with van der Waals surface area (Å²) in [6, 6.07) is 27.3. The molecule has 0 spiro atoms. The minimum atomic E-state index is -3.51. The third-order valence-corrected chi connectivity index (χ3v) is 13.7. The lowest BCUT2D eigenvalue weighted by atomic mass is 9.58. The third-order valence-electron chi connectivity index (χ3n) is 11.9. The van der Waals surface area contributed by atoms with Gasteiger partial charge in [0.2, 0.25) is 9.84 Å². The van der Waals surface area contributed by atoms with E-state index in [1.165, 1.54) is 18.4 Å². The van der Waals surface area contributed by atoms with Gasteiger partial charge in [-0.15, -0.1) is 0 Å². The number of nitrogens with zero attached hydrogens (tertiary/aromatic N) is 3. The fraction of sp³-hybridized carbons (Fsp3) is 0.525. The third kappa shape index (κ3) is 7.12. The van der Waals surface area contributed by atoms with Gasteiger partial charge >= 0.3 is 6.09 Å². The summed E-state index contributed by atoms with van der Waals surface area (Å²) in [5.41, 5.74) is 2.46. The molecule has 9 heteroatoms. The summed E-state index contributed by atoms with van der Waals surface area (Å²) < 4.78 is 32.2. The van der Waals surface area contributed by atoms with Crippen LogP contribution >= 0.6 is 0 Å². The number of anilines is 1. The highest BCUT2D eigenvalue weighted by atomic mass is 32.2. The van der Waals surface area contributed by atoms with Crippen LogP contribution in [0, 0.1) is 17.8 Å². The molecule has 3 aromatic carbocycles. The lowest BCUT2D eigenvalue weighted by molar-refractivity contribution is -0.00374. The number of hydrogen-bond acceptors (Lipinski definition) is 7. The van der Waals surface area contributed by atoms with E-state index < -0.39 is 9.84 Å². The Morgan fingerprint density at radius 1 is 0.776 bits per heavy atom. The predicted molar refractivity (Wildman–Crippen MR) is 194 cm³/mol. The second-order valence-electron chi connectivity index (χ2n) is 14.8. The predicted octanol–water partition coefficient (Wildman–Crippen LogP) is 6.23. The van der Waals surface area contributed by atoms with E-state index in [1.54, 1.807) is 43.4 Å². The Kier molecular flexibility index (Phi) is 10.3. The molecule has 0 aromatic heterocycles. The quantitative estimate of drug-likeness (QED) is 0.257. The van der Waals surface area contributed by atoms with E-state index in [-0.39, 0.29) is 17.6 Å². The van der Waals surface area contributed by atoms with Gasteiger partial charge in [-0.25, -0.2) is 13.2 Å². The van der Waals surface area contributed by atoms with E-state index in [0.29, 0.717) is 27.5 Å². The molecule has 8 nitrogen and oxygen atoms in total. The second-order valence-corrected chi connectivity index (χ2v) is 16.7. The van der Waals surface area contributed by atoms with E-state index in [2.05, 4.69) is 50.3 Å². The van der Waals surface area contributed by atoms with Gasteiger partial charge in [-0.2, -0.15) is 0 Å². The fourth-order valence-electron chi connectivity index (χ4n) is 9.47. The van der Waals surface area contributed by atoms with Crippen LogP contribution < -0.4 is 10.2 Å². The van der Waals surface area contributed by atoms with Crippen molar-refractivity contribution < 1.29 is 17.9 Å². The van der Waals surface area contributed by atoms with Crippen molar-refractivity contribution in [1.82, 2.24) is 15.1 Å². The minimum absolute atomic E-state index is 0.0553. The van der Waals surface area contributed by atoms with E-state index >= 15 is 0 Å². The van der Waals surface area contributed by atoms with Crippen LogP contribution in [0.4, 0.5) is 10.5 Å². The van der Waals surface area contributed by atoms with Crippen molar-refractivity contribution >= 4 is 21.6 Å². The van der Waals surface area contributed by atoms with Gasteiger partial charge in [0.1, 0.15) is 6.10 Å². The van der Waals surface area contributed by atoms with Crippen LogP contribution in [0.25, 0.3) is 0 Å². The van der Waals surface area contributed by atoms with E-state index in [0.717, 1.165) is 90.1 Å². The molecule has 0 radical (unpaired) electrons. The smallest absolute Gasteiger partial charge is 0.407 e. The second kappa shape index (κ2) is 14.8. The van der Waals surface area contributed by atoms with E-state index in [9.17, 15) is 13.2 Å². The molecule has 4 aliphatic rings. The van der Waals surface area contributed by atoms with Gasteiger partial charge in [0.05, 0.1) is 9.79 Å². The van der Waals surface area contributed by atoms with Crippen LogP contribution in [0.1, 0.15) is 50.5 Å². The zero-order chi connectivity index (χ0) is 33.8. The van der Waals surface area contributed by atoms with Gasteiger partial charge < -0.3 is 24.8 Å². The van der Waals surface area contributed by atoms with E-state index in [1.807, 2.05) is 18.2 Å². The van der Waals surface area contributed by atoms with Gasteiger partial charge in [0, 0.05) is 56.2 Å². The number of benzene rings is 3. The van der Waals surface area contributed by atoms with Crippen molar-refractivity contribution in [1.29, 1.82) is 0 Å². The summed E-state index contributed by atoms with van der Waals surface area (Å²) in [4.78, 5) is 20.9. The highest BCUT2D eigenvalue weighted by Gasteiger charge is 2.53. The number of hydrogen-bond donors (Lipinski definition) is 1. The van der Waals surface area contributed by atoms with Crippen LogP contribution in [0.3, 0.4) is 0 Å². The summed E-state index contributed by atoms with van der Waals surface area (Å²) in [6.45, 7) is 8.63. The lowest BCUT2D eigenvalue weighted by Crippen LogP contribution is -2.57. The number of amides is 1. The van der Waals surface area contributed by atoms with Crippen molar-refractivity contribution in [3.05, 3.63) is 90.5 Å². The number of rotatable bonds is 11. The van der Waals surface area contributed by atoms with Crippen LogP contribution in [0.5, 0.6) is 0 Å². The number of carbonyl (C=O) groups is 1. The Bertz CT molecular complexity index is 1630. The average Bonchev–Trinajstić information content (AvgIpc) is 3.82. The molecule has 3 unspecified atom stereocenters. The first-order valence-corrected chi connectivity index (χ1v) is 19.9. The van der Waals surface area contributed by atoms with Crippen LogP contribution in [-0.4, -0.2) is 89.8 Å². The first kappa shape index (κ1) is 34.1. The number of alkyl carbamates (subject to hydrolysis) is 1. The number of likely N-dealkylation sites (tertiary alicyclic amines) is 2. The Morgan fingerprint density at radius 3 is 2.06 bits per heavy atom. The molecular weight excluding hydrogens is 633 g/mol. The summed E-state index contributed by atoms with van der Waals surface area (Å²) in [7, 11) is -1.85. The van der Waals surface area contributed by atoms with Crippen LogP contribution in [-0.2, 0) is 20.0 Å². The van der Waals surface area contributed by atoms with E-state index in [4.69, 9.17) is 4.74 Å². The van der Waals surface area contributed by atoms with Gasteiger partial charge in [-0.1, -0.05) is 48.5 Å². The molecule has 3 atom stereocenters. The molecule has 3 heterocycles. The first-order valence-electron chi connectivity index (χ1n) is 18.4. The van der Waals surface area contributed by atoms with Crippen molar-refractivity contribution in [2.24, 2.45) is 17.8 Å². The summed E-state index contributed by atoms with van der Waals surface area (Å²) in [5, 5.41) is 2.71. The standard InChI is InChI=1S/C40H52N4O4S/c1-41-39(45)48-38-16-10-15-37(38)40(30-43-23-8-9-24-43,32-11-4-2-5-12-32)33-21-25-42(26-22-33)27-31-28-44(29-31)34-17-19-36(20-18-34)49(46,47)35-13-6-3-7-14-35/h2-7,11-14,17-20,31,33,37-38H,8-10,15-16,21-30H2,1H3,(H,41,45). The molecule has 3 aliphatic heterocycles. The highest BCUT2D eigenvalue weighted by Crippen LogP contribution is 2.52. The van der Waals surface area contributed by atoms with Gasteiger partial charge in [-0.05, 0) is 119 Å². The van der Waals surface area contributed by atoms with Crippen molar-refractivity contribution in [3.63, 3.8) is 0 Å². The molecule has 0 bridgehead atoms. The summed E-state index contributed by atoms with van der Waals surface area (Å²) in [6.07, 6.45) is 7.61. The maximum absolute atomic E-state index is 13.0. The Hall–Kier alpha value is -3.40. The first-order chi connectivity index (χ1) is 23.9. The summed E-state index contributed by atoms with van der Waals surface area (Å²) in [5.74, 6) is 1.43. The molecule has 1 saturated carbocycles. The van der Waals surface area contributed by atoms with Crippen molar-refractivity contribution in [2.75, 3.05) is 64.3 Å².